The van der Waals surface area contributed by atoms with Gasteiger partial charge in [0.1, 0.15) is 0 Å². The number of oxazole rings is 3. The maximum absolute atomic E-state index is 6.09. The van der Waals surface area contributed by atoms with Crippen molar-refractivity contribution in [3.05, 3.63) is 196 Å². The van der Waals surface area contributed by atoms with Crippen LogP contribution < -0.4 is 0 Å². The average molecular weight is 1250 g/mol. The van der Waals surface area contributed by atoms with Crippen LogP contribution >= 0.6 is 0 Å². The summed E-state index contributed by atoms with van der Waals surface area (Å²) < 4.78 is 24.1. The molecule has 0 aliphatic carbocycles. The van der Waals surface area contributed by atoms with Crippen LogP contribution in [0.2, 0.25) is 0 Å². The molecule has 0 saturated heterocycles. The van der Waals surface area contributed by atoms with Gasteiger partial charge in [0, 0.05) is 90.6 Å². The van der Waals surface area contributed by atoms with E-state index in [2.05, 4.69) is 188 Å². The largest absolute Gasteiger partial charge is 3.00 e. The second-order valence-electron chi connectivity index (χ2n) is 22.2. The standard InChI is InChI=1S/C45H44N6O2.C23H24N3O.Ir/c1-26(2)35-17-11-18-36(27(3)4)42(35)51-25-33(48-44(51)32-21-22-40-39(23-32)47-30(7)52-40)15-10-16-34-24-50(41-28(5)13-9-14-29(41)6)45(49-34)37-19-12-20-38-43(37)53-31(8)46-38;1-14(2)18-7-6-8-19(15(3)4)22(18)26-12-11-24-23(26)17-9-10-21-20(13-17)25-16(5)27-21;/h9,11-14,17-18,20,22-27H,10,15-16H2,1-8H3;6-8,10-15H,1-5H3;/q-2;-1;+3. The van der Waals surface area contributed by atoms with Crippen molar-refractivity contribution >= 4 is 33.3 Å². The fourth-order valence-corrected chi connectivity index (χ4v) is 11.1. The topological polar surface area (TPSA) is 132 Å². The van der Waals surface area contributed by atoms with Crippen LogP contribution in [0.15, 0.2) is 129 Å². The molecule has 0 atom stereocenters. The SMILES string of the molecule is Cc1nc2cc(-c3nc(CCCc4cn(-c5c(C)cccc5C)c(-c5[c-]ccc6nc(C)oc56)n4)cn3-c3c(C(C)C)cccc3C(C)C)[c-]cc2o1.Cc1nc2cc(-c3nccn3-c3c(C(C)C)cccc3C(C)C)[c-]cc2o1.[Ir+3]. The van der Waals surface area contributed by atoms with Gasteiger partial charge in [0.05, 0.1) is 34.2 Å². The minimum absolute atomic E-state index is 0. The number of hydrogen-bond acceptors (Lipinski definition) is 9. The van der Waals surface area contributed by atoms with Gasteiger partial charge in [-0.05, 0) is 90.2 Å². The summed E-state index contributed by atoms with van der Waals surface area (Å²) in [4.78, 5) is 28.8. The Hall–Kier alpha value is -7.99. The molecule has 81 heavy (non-hydrogen) atoms. The quantitative estimate of drug-likeness (QED) is 0.0976. The van der Waals surface area contributed by atoms with Crippen LogP contribution in [0.25, 0.3) is 84.5 Å². The molecule has 0 spiro atoms. The van der Waals surface area contributed by atoms with Gasteiger partial charge in [-0.2, -0.15) is 0 Å². The summed E-state index contributed by atoms with van der Waals surface area (Å²) in [6.07, 6.45) is 10.7. The summed E-state index contributed by atoms with van der Waals surface area (Å²) >= 11 is 0. The predicted octanol–water partition coefficient (Wildman–Crippen LogP) is 17.0. The molecule has 0 unspecified atom stereocenters. The fourth-order valence-electron chi connectivity index (χ4n) is 11.1. The van der Waals surface area contributed by atoms with Crippen molar-refractivity contribution in [2.45, 2.75) is 133 Å². The average Bonchev–Trinajstić information content (AvgIpc) is 4.47. The van der Waals surface area contributed by atoms with Crippen molar-refractivity contribution in [1.82, 2.24) is 43.6 Å². The predicted molar refractivity (Wildman–Crippen MR) is 318 cm³/mol. The second-order valence-corrected chi connectivity index (χ2v) is 22.2. The van der Waals surface area contributed by atoms with Crippen LogP contribution in [-0.4, -0.2) is 43.6 Å². The normalized spacial score (nSPS) is 11.8. The van der Waals surface area contributed by atoms with E-state index in [0.29, 0.717) is 46.9 Å². The Labute approximate surface area is 488 Å². The number of nitrogens with zero attached hydrogens (tertiary/aromatic N) is 9. The Bertz CT molecular complexity index is 4140. The van der Waals surface area contributed by atoms with E-state index in [1.54, 1.807) is 0 Å². The van der Waals surface area contributed by atoms with Crippen molar-refractivity contribution < 1.29 is 33.4 Å². The first-order chi connectivity index (χ1) is 38.5. The van der Waals surface area contributed by atoms with Crippen LogP contribution in [0.1, 0.15) is 148 Å². The van der Waals surface area contributed by atoms with E-state index in [1.807, 2.05) is 69.6 Å². The van der Waals surface area contributed by atoms with Gasteiger partial charge >= 0.3 is 20.1 Å². The summed E-state index contributed by atoms with van der Waals surface area (Å²) in [5.41, 5.74) is 20.3. The minimum atomic E-state index is 0. The zero-order valence-electron chi connectivity index (χ0n) is 48.5. The van der Waals surface area contributed by atoms with Crippen molar-refractivity contribution in [3.8, 4) is 51.2 Å². The number of hydrogen-bond donors (Lipinski definition) is 0. The van der Waals surface area contributed by atoms with Gasteiger partial charge < -0.3 is 27.0 Å². The maximum Gasteiger partial charge on any atom is 3.00 e. The number of imidazole rings is 3. The molecule has 0 saturated carbocycles. The van der Waals surface area contributed by atoms with Crippen LogP contribution in [-0.2, 0) is 32.9 Å². The third-order valence-electron chi connectivity index (χ3n) is 14.9. The van der Waals surface area contributed by atoms with Crippen LogP contribution in [0.5, 0.6) is 0 Å². The maximum atomic E-state index is 6.09. The Kier molecular flexibility index (Phi) is 16.1. The molecule has 12 aromatic rings. The first kappa shape index (κ1) is 56.3. The van der Waals surface area contributed by atoms with Crippen LogP contribution in [0.4, 0.5) is 0 Å². The monoisotopic (exact) mass is 1250 g/mol. The molecule has 0 N–H and O–H groups in total. The number of fused-ring (bicyclic) bond motifs is 3. The Morgan fingerprint density at radius 1 is 0.481 bits per heavy atom. The second kappa shape index (κ2) is 23.2. The van der Waals surface area contributed by atoms with Crippen molar-refractivity contribution in [3.63, 3.8) is 0 Å². The summed E-state index contributed by atoms with van der Waals surface area (Å²) in [6, 6.07) is 41.4. The molecule has 6 aromatic carbocycles. The smallest absolute Gasteiger partial charge is 0.488 e. The van der Waals surface area contributed by atoms with E-state index in [1.165, 1.54) is 44.8 Å². The summed E-state index contributed by atoms with van der Waals surface area (Å²) in [6.45, 7) is 27.8. The molecule has 0 bridgehead atoms. The van der Waals surface area contributed by atoms with E-state index in [9.17, 15) is 0 Å². The van der Waals surface area contributed by atoms with Crippen LogP contribution in [0, 0.1) is 52.8 Å². The molecule has 6 aromatic heterocycles. The van der Waals surface area contributed by atoms with Crippen molar-refractivity contribution in [2.75, 3.05) is 0 Å². The summed E-state index contributed by atoms with van der Waals surface area (Å²) in [5.74, 6) is 5.92. The molecule has 0 amide bonds. The molecule has 0 fully saturated rings. The number of benzene rings is 6. The van der Waals surface area contributed by atoms with Gasteiger partial charge in [-0.1, -0.05) is 116 Å². The van der Waals surface area contributed by atoms with E-state index in [-0.39, 0.29) is 20.1 Å². The van der Waals surface area contributed by atoms with Crippen molar-refractivity contribution in [1.29, 1.82) is 0 Å². The number of aromatic nitrogens is 9. The minimum Gasteiger partial charge on any atom is -0.488 e. The number of para-hydroxylation sites is 3. The van der Waals surface area contributed by atoms with E-state index in [4.69, 9.17) is 23.2 Å². The number of rotatable bonds is 14. The van der Waals surface area contributed by atoms with Gasteiger partial charge in [-0.25, -0.2) is 15.0 Å². The zero-order chi connectivity index (χ0) is 56.1. The van der Waals surface area contributed by atoms with Crippen molar-refractivity contribution in [2.24, 2.45) is 0 Å². The molecule has 12 rings (SSSR count). The molecule has 13 heteroatoms. The van der Waals surface area contributed by atoms with E-state index < -0.39 is 0 Å². The third kappa shape index (κ3) is 11.1. The molecular formula is C68H68IrN9O3. The molecule has 0 aliphatic rings. The molecule has 12 nitrogen and oxygen atoms in total. The fraction of sp³-hybridized carbons (Fsp3) is 0.294. The van der Waals surface area contributed by atoms with E-state index >= 15 is 0 Å². The molecule has 6 heterocycles. The van der Waals surface area contributed by atoms with Gasteiger partial charge in [-0.3, -0.25) is 15.0 Å². The summed E-state index contributed by atoms with van der Waals surface area (Å²) in [7, 11) is 0. The Morgan fingerprint density at radius 3 is 1.47 bits per heavy atom. The molecule has 0 aliphatic heterocycles. The van der Waals surface area contributed by atoms with Gasteiger partial charge in [-0.15, -0.1) is 65.7 Å². The first-order valence-electron chi connectivity index (χ1n) is 27.9. The van der Waals surface area contributed by atoms with Gasteiger partial charge in [0.15, 0.2) is 17.7 Å². The molecule has 412 valence electrons. The molecule has 0 radical (unpaired) electrons. The van der Waals surface area contributed by atoms with Crippen LogP contribution in [0.3, 0.4) is 0 Å². The van der Waals surface area contributed by atoms with E-state index in [0.717, 1.165) is 98.2 Å². The Balaban J connectivity index is 0.000000221. The third-order valence-corrected chi connectivity index (χ3v) is 14.9. The van der Waals surface area contributed by atoms with Gasteiger partial charge in [0.25, 0.3) is 0 Å². The zero-order valence-corrected chi connectivity index (χ0v) is 50.9. The van der Waals surface area contributed by atoms with Gasteiger partial charge in [0.2, 0.25) is 0 Å². The summed E-state index contributed by atoms with van der Waals surface area (Å²) in [5, 5.41) is 0. The number of aryl methyl sites for hydroxylation is 7. The first-order valence-corrected chi connectivity index (χ1v) is 27.9. The molecular weight excluding hydrogens is 1180 g/mol. The Morgan fingerprint density at radius 2 is 0.938 bits per heavy atom.